The average Bonchev–Trinajstić information content (AvgIpc) is 3.30. The van der Waals surface area contributed by atoms with E-state index in [2.05, 4.69) is 15.3 Å². The molecule has 0 atom stereocenters. The summed E-state index contributed by atoms with van der Waals surface area (Å²) in [6.45, 7) is 1.54. The van der Waals surface area contributed by atoms with Crippen LogP contribution in [0, 0.1) is 0 Å². The van der Waals surface area contributed by atoms with Gasteiger partial charge in [-0.25, -0.2) is 4.98 Å². The van der Waals surface area contributed by atoms with Gasteiger partial charge in [0, 0.05) is 17.0 Å². The van der Waals surface area contributed by atoms with Crippen molar-refractivity contribution >= 4 is 34.2 Å². The number of furan rings is 1. The topological polar surface area (TPSA) is 53.9 Å². The van der Waals surface area contributed by atoms with Crippen molar-refractivity contribution in [3.63, 3.8) is 0 Å². The number of H-pyrrole nitrogens is 1. The summed E-state index contributed by atoms with van der Waals surface area (Å²) in [5.74, 6) is 2.61. The maximum Gasteiger partial charge on any atom is 0.135 e. The number of imidazole rings is 1. The summed E-state index contributed by atoms with van der Waals surface area (Å²) in [4.78, 5) is 7.95. The van der Waals surface area contributed by atoms with Crippen LogP contribution in [0.15, 0.2) is 59.0 Å². The van der Waals surface area contributed by atoms with E-state index in [1.165, 1.54) is 0 Å². The van der Waals surface area contributed by atoms with E-state index < -0.39 is 0 Å². The second-order valence-electron chi connectivity index (χ2n) is 6.37. The van der Waals surface area contributed by atoms with E-state index in [0.29, 0.717) is 16.6 Å². The lowest BCUT2D eigenvalue weighted by Gasteiger charge is -2.03. The monoisotopic (exact) mass is 399 g/mol. The molecule has 4 rings (SSSR count). The SMILES string of the molecule is Clc1ccc(Cl)c(-c2ccc(CNCCCc3nc4ccccc4[nH]3)o2)c1. The van der Waals surface area contributed by atoms with Gasteiger partial charge in [0.15, 0.2) is 0 Å². The number of aromatic nitrogens is 2. The molecule has 138 valence electrons. The Morgan fingerprint density at radius 2 is 1.93 bits per heavy atom. The second-order valence-corrected chi connectivity index (χ2v) is 7.21. The Morgan fingerprint density at radius 3 is 2.81 bits per heavy atom. The largest absolute Gasteiger partial charge is 0.460 e. The van der Waals surface area contributed by atoms with Gasteiger partial charge in [0.2, 0.25) is 0 Å². The molecule has 27 heavy (non-hydrogen) atoms. The molecule has 0 amide bonds. The fraction of sp³-hybridized carbons (Fsp3) is 0.190. The maximum atomic E-state index is 6.23. The summed E-state index contributed by atoms with van der Waals surface area (Å²) >= 11 is 12.3. The van der Waals surface area contributed by atoms with Gasteiger partial charge in [0.05, 0.1) is 22.6 Å². The second kappa shape index (κ2) is 8.17. The van der Waals surface area contributed by atoms with E-state index in [1.54, 1.807) is 12.1 Å². The van der Waals surface area contributed by atoms with Gasteiger partial charge in [-0.1, -0.05) is 35.3 Å². The first-order valence-corrected chi connectivity index (χ1v) is 9.63. The molecule has 0 bridgehead atoms. The van der Waals surface area contributed by atoms with Gasteiger partial charge in [-0.2, -0.15) is 0 Å². The summed E-state index contributed by atoms with van der Waals surface area (Å²) in [5.41, 5.74) is 2.91. The van der Waals surface area contributed by atoms with Crippen LogP contribution in [0.3, 0.4) is 0 Å². The smallest absolute Gasteiger partial charge is 0.135 e. The molecule has 0 spiro atoms. The minimum Gasteiger partial charge on any atom is -0.460 e. The van der Waals surface area contributed by atoms with Crippen LogP contribution in [-0.2, 0) is 13.0 Å². The molecule has 2 aromatic heterocycles. The lowest BCUT2D eigenvalue weighted by atomic mass is 10.2. The number of fused-ring (bicyclic) bond motifs is 1. The molecule has 0 radical (unpaired) electrons. The lowest BCUT2D eigenvalue weighted by Crippen LogP contribution is -2.15. The lowest BCUT2D eigenvalue weighted by molar-refractivity contribution is 0.491. The van der Waals surface area contributed by atoms with Gasteiger partial charge in [0.25, 0.3) is 0 Å². The molecule has 4 nitrogen and oxygen atoms in total. The molecule has 0 fully saturated rings. The van der Waals surface area contributed by atoms with Gasteiger partial charge in [-0.05, 0) is 55.4 Å². The van der Waals surface area contributed by atoms with Crippen LogP contribution >= 0.6 is 23.2 Å². The van der Waals surface area contributed by atoms with Crippen molar-refractivity contribution in [2.45, 2.75) is 19.4 Å². The Labute approximate surface area is 167 Å². The number of aromatic amines is 1. The van der Waals surface area contributed by atoms with Crippen LogP contribution in [0.4, 0.5) is 0 Å². The summed E-state index contributed by atoms with van der Waals surface area (Å²) in [7, 11) is 0. The predicted molar refractivity (Wildman–Crippen MR) is 110 cm³/mol. The van der Waals surface area contributed by atoms with E-state index in [0.717, 1.165) is 53.3 Å². The van der Waals surface area contributed by atoms with Crippen molar-refractivity contribution in [1.29, 1.82) is 0 Å². The molecule has 6 heteroatoms. The van der Waals surface area contributed by atoms with Crippen LogP contribution in [-0.4, -0.2) is 16.5 Å². The van der Waals surface area contributed by atoms with Crippen molar-refractivity contribution < 1.29 is 4.42 Å². The fourth-order valence-corrected chi connectivity index (χ4v) is 3.40. The fourth-order valence-electron chi connectivity index (χ4n) is 3.02. The highest BCUT2D eigenvalue weighted by Gasteiger charge is 2.09. The van der Waals surface area contributed by atoms with E-state index in [1.807, 2.05) is 42.5 Å². The number of hydrogen-bond donors (Lipinski definition) is 2. The Bertz CT molecular complexity index is 1020. The number of hydrogen-bond acceptors (Lipinski definition) is 3. The van der Waals surface area contributed by atoms with Crippen molar-refractivity contribution in [2.75, 3.05) is 6.54 Å². The number of para-hydroxylation sites is 2. The van der Waals surface area contributed by atoms with E-state index in [9.17, 15) is 0 Å². The summed E-state index contributed by atoms with van der Waals surface area (Å²) < 4.78 is 5.89. The number of aryl methyl sites for hydroxylation is 1. The molecule has 0 unspecified atom stereocenters. The first-order chi connectivity index (χ1) is 13.2. The maximum absolute atomic E-state index is 6.23. The highest BCUT2D eigenvalue weighted by Crippen LogP contribution is 2.31. The van der Waals surface area contributed by atoms with Crippen molar-refractivity contribution in [3.05, 3.63) is 76.2 Å². The molecule has 2 N–H and O–H groups in total. The zero-order valence-corrected chi connectivity index (χ0v) is 16.1. The first-order valence-electron chi connectivity index (χ1n) is 8.87. The summed E-state index contributed by atoms with van der Waals surface area (Å²) in [6, 6.07) is 17.3. The van der Waals surface area contributed by atoms with Crippen LogP contribution < -0.4 is 5.32 Å². The summed E-state index contributed by atoms with van der Waals surface area (Å²) in [5, 5.41) is 4.66. The van der Waals surface area contributed by atoms with E-state index in [4.69, 9.17) is 27.6 Å². The Balaban J connectivity index is 1.27. The van der Waals surface area contributed by atoms with Crippen molar-refractivity contribution in [3.8, 4) is 11.3 Å². The zero-order valence-electron chi connectivity index (χ0n) is 14.6. The van der Waals surface area contributed by atoms with Crippen LogP contribution in [0.1, 0.15) is 18.0 Å². The average molecular weight is 400 g/mol. The minimum absolute atomic E-state index is 0.624. The normalized spacial score (nSPS) is 11.3. The number of halogens is 2. The van der Waals surface area contributed by atoms with Crippen molar-refractivity contribution in [1.82, 2.24) is 15.3 Å². The molecule has 2 aromatic carbocycles. The molecule has 0 aliphatic rings. The Morgan fingerprint density at radius 1 is 1.04 bits per heavy atom. The third kappa shape index (κ3) is 4.35. The van der Waals surface area contributed by atoms with E-state index in [-0.39, 0.29) is 0 Å². The van der Waals surface area contributed by atoms with Crippen LogP contribution in [0.5, 0.6) is 0 Å². The molecule has 4 aromatic rings. The molecular formula is C21H19Cl2N3O. The third-order valence-electron chi connectivity index (χ3n) is 4.36. The molecule has 0 saturated carbocycles. The Hall–Kier alpha value is -2.27. The number of nitrogens with zero attached hydrogens (tertiary/aromatic N) is 1. The quantitative estimate of drug-likeness (QED) is 0.383. The third-order valence-corrected chi connectivity index (χ3v) is 4.92. The summed E-state index contributed by atoms with van der Waals surface area (Å²) in [6.07, 6.45) is 1.90. The minimum atomic E-state index is 0.624. The van der Waals surface area contributed by atoms with Gasteiger partial charge < -0.3 is 14.7 Å². The van der Waals surface area contributed by atoms with Crippen LogP contribution in [0.25, 0.3) is 22.4 Å². The highest BCUT2D eigenvalue weighted by atomic mass is 35.5. The number of benzene rings is 2. The van der Waals surface area contributed by atoms with Gasteiger partial charge in [0.1, 0.15) is 17.3 Å². The predicted octanol–water partition coefficient (Wildman–Crippen LogP) is 5.85. The highest BCUT2D eigenvalue weighted by molar-refractivity contribution is 6.35. The molecule has 0 aliphatic heterocycles. The molecular weight excluding hydrogens is 381 g/mol. The molecule has 0 saturated heterocycles. The Kier molecular flexibility index (Phi) is 5.48. The number of nitrogens with one attached hydrogen (secondary N) is 2. The van der Waals surface area contributed by atoms with Crippen molar-refractivity contribution in [2.24, 2.45) is 0 Å². The van der Waals surface area contributed by atoms with E-state index >= 15 is 0 Å². The molecule has 2 heterocycles. The van der Waals surface area contributed by atoms with Gasteiger partial charge in [-0.3, -0.25) is 0 Å². The standard InChI is InChI=1S/C21H19Cl2N3O/c22-14-7-9-17(23)16(12-14)20-10-8-15(27-20)13-24-11-3-6-21-25-18-4-1-2-5-19(18)26-21/h1-2,4-5,7-10,12,24H,3,6,11,13H2,(H,25,26). The van der Waals surface area contributed by atoms with Gasteiger partial charge in [-0.15, -0.1) is 0 Å². The number of rotatable bonds is 7. The van der Waals surface area contributed by atoms with Gasteiger partial charge >= 0.3 is 0 Å². The molecule has 0 aliphatic carbocycles. The first kappa shape index (κ1) is 18.1. The zero-order chi connectivity index (χ0) is 18.6. The van der Waals surface area contributed by atoms with Crippen LogP contribution in [0.2, 0.25) is 10.0 Å².